The molecule has 0 radical (unpaired) electrons. The van der Waals surface area contributed by atoms with Crippen molar-refractivity contribution in [2.75, 3.05) is 6.61 Å². The van der Waals surface area contributed by atoms with Gasteiger partial charge in [0.15, 0.2) is 5.78 Å². The first kappa shape index (κ1) is 16.9. The Labute approximate surface area is 139 Å². The van der Waals surface area contributed by atoms with Crippen molar-refractivity contribution in [2.45, 2.75) is 65.4 Å². The molecule has 0 aromatic rings. The van der Waals surface area contributed by atoms with Gasteiger partial charge in [0.1, 0.15) is 0 Å². The molecule has 3 heteroatoms. The van der Waals surface area contributed by atoms with Gasteiger partial charge in [-0.3, -0.25) is 4.79 Å². The van der Waals surface area contributed by atoms with E-state index in [1.165, 1.54) is 0 Å². The van der Waals surface area contributed by atoms with Crippen LogP contribution in [0.2, 0.25) is 0 Å². The first-order valence-electron chi connectivity index (χ1n) is 8.88. The fourth-order valence-electron chi connectivity index (χ4n) is 5.71. The van der Waals surface area contributed by atoms with Crippen LogP contribution in [-0.2, 0) is 4.79 Å². The number of Topliss-reactive ketones (excluding diaryl/α,β-unsaturated/α-hetero) is 1. The van der Waals surface area contributed by atoms with Crippen molar-refractivity contribution < 1.29 is 15.0 Å². The summed E-state index contributed by atoms with van der Waals surface area (Å²) in [6, 6.07) is 0. The van der Waals surface area contributed by atoms with Crippen molar-refractivity contribution in [1.82, 2.24) is 0 Å². The number of aliphatic hydroxyl groups is 2. The minimum atomic E-state index is -0.570. The highest BCUT2D eigenvalue weighted by Gasteiger charge is 2.57. The fourth-order valence-corrected chi connectivity index (χ4v) is 5.71. The van der Waals surface area contributed by atoms with Gasteiger partial charge in [-0.15, -0.1) is 6.58 Å². The molecule has 0 aromatic carbocycles. The maximum Gasteiger partial charge on any atom is 0.159 e. The summed E-state index contributed by atoms with van der Waals surface area (Å²) in [4.78, 5) is 12.9. The summed E-state index contributed by atoms with van der Waals surface area (Å²) < 4.78 is 0. The van der Waals surface area contributed by atoms with E-state index in [0.717, 1.165) is 30.4 Å². The molecule has 0 bridgehead atoms. The molecule has 0 aromatic heterocycles. The van der Waals surface area contributed by atoms with E-state index in [-0.39, 0.29) is 34.6 Å². The third-order valence-corrected chi connectivity index (χ3v) is 7.15. The van der Waals surface area contributed by atoms with E-state index in [2.05, 4.69) is 27.4 Å². The number of ketones is 1. The SMILES string of the molecule is C=C[C@@]1(C)CC2=C([C@H](O)C1)[C@]1(C)CCC[C@@](C)(CO)[C@H]1CC2=O. The van der Waals surface area contributed by atoms with E-state index in [0.29, 0.717) is 19.3 Å². The van der Waals surface area contributed by atoms with Crippen LogP contribution in [0.4, 0.5) is 0 Å². The minimum absolute atomic E-state index is 0.115. The van der Waals surface area contributed by atoms with Crippen LogP contribution in [0.15, 0.2) is 23.8 Å². The second-order valence-corrected chi connectivity index (χ2v) is 8.91. The number of carbonyl (C=O) groups excluding carboxylic acids is 1. The van der Waals surface area contributed by atoms with Crippen LogP contribution in [0.1, 0.15) is 59.3 Å². The van der Waals surface area contributed by atoms with Gasteiger partial charge in [-0.05, 0) is 59.0 Å². The standard InChI is InChI=1S/C20H30O3/c1-5-18(2)10-13-14(22)9-16-19(3,12-21)7-6-8-20(16,4)17(13)15(23)11-18/h5,15-16,21,23H,1,6-12H2,2-4H3/t15-,16-,18+,19+,20-/m1/s1. The third kappa shape index (κ3) is 2.35. The molecule has 128 valence electrons. The predicted octanol–water partition coefficient (Wildman–Crippen LogP) is 3.41. The lowest BCUT2D eigenvalue weighted by Gasteiger charge is -2.57. The first-order chi connectivity index (χ1) is 10.7. The Morgan fingerprint density at radius 2 is 2.00 bits per heavy atom. The Morgan fingerprint density at radius 1 is 1.30 bits per heavy atom. The molecule has 1 fully saturated rings. The zero-order valence-corrected chi connectivity index (χ0v) is 14.7. The Hall–Kier alpha value is -0.930. The summed E-state index contributed by atoms with van der Waals surface area (Å²) in [5, 5.41) is 20.9. The van der Waals surface area contributed by atoms with Crippen LogP contribution in [-0.4, -0.2) is 28.7 Å². The summed E-state index contributed by atoms with van der Waals surface area (Å²) >= 11 is 0. The van der Waals surface area contributed by atoms with Gasteiger partial charge in [-0.25, -0.2) is 0 Å². The van der Waals surface area contributed by atoms with E-state index in [1.807, 2.05) is 6.08 Å². The van der Waals surface area contributed by atoms with Gasteiger partial charge in [-0.1, -0.05) is 33.3 Å². The molecule has 3 rings (SSSR count). The summed E-state index contributed by atoms with van der Waals surface area (Å²) in [6.07, 6.45) is 6.16. The molecule has 2 N–H and O–H groups in total. The van der Waals surface area contributed by atoms with Gasteiger partial charge in [0, 0.05) is 13.0 Å². The second kappa shape index (κ2) is 5.29. The number of allylic oxidation sites excluding steroid dienone is 2. The van der Waals surface area contributed by atoms with Crippen molar-refractivity contribution in [3.8, 4) is 0 Å². The molecule has 23 heavy (non-hydrogen) atoms. The Morgan fingerprint density at radius 3 is 2.61 bits per heavy atom. The van der Waals surface area contributed by atoms with Crippen LogP contribution in [0.3, 0.4) is 0 Å². The third-order valence-electron chi connectivity index (χ3n) is 7.15. The van der Waals surface area contributed by atoms with E-state index >= 15 is 0 Å². The molecule has 0 saturated heterocycles. The number of hydrogen-bond acceptors (Lipinski definition) is 3. The van der Waals surface area contributed by atoms with Crippen molar-refractivity contribution in [2.24, 2.45) is 22.2 Å². The zero-order chi connectivity index (χ0) is 17.0. The zero-order valence-electron chi connectivity index (χ0n) is 14.7. The second-order valence-electron chi connectivity index (χ2n) is 8.91. The Kier molecular flexibility index (Phi) is 3.89. The Bertz CT molecular complexity index is 577. The summed E-state index contributed by atoms with van der Waals surface area (Å²) in [5.74, 6) is 0.304. The normalized spacial score (nSPS) is 47.1. The van der Waals surface area contributed by atoms with Crippen LogP contribution in [0, 0.1) is 22.2 Å². The van der Waals surface area contributed by atoms with Gasteiger partial charge in [0.05, 0.1) is 6.10 Å². The van der Waals surface area contributed by atoms with Crippen LogP contribution in [0.25, 0.3) is 0 Å². The van der Waals surface area contributed by atoms with Crippen molar-refractivity contribution in [3.63, 3.8) is 0 Å². The first-order valence-corrected chi connectivity index (χ1v) is 8.88. The van der Waals surface area contributed by atoms with Crippen molar-refractivity contribution in [1.29, 1.82) is 0 Å². The molecule has 5 atom stereocenters. The van der Waals surface area contributed by atoms with Crippen LogP contribution in [0.5, 0.6) is 0 Å². The molecule has 1 saturated carbocycles. The van der Waals surface area contributed by atoms with E-state index in [4.69, 9.17) is 0 Å². The molecular formula is C20H30O3. The Balaban J connectivity index is 2.12. The van der Waals surface area contributed by atoms with Gasteiger partial charge < -0.3 is 10.2 Å². The lowest BCUT2D eigenvalue weighted by molar-refractivity contribution is -0.126. The van der Waals surface area contributed by atoms with Crippen molar-refractivity contribution >= 4 is 5.78 Å². The summed E-state index contributed by atoms with van der Waals surface area (Å²) in [7, 11) is 0. The number of aliphatic hydroxyl groups excluding tert-OH is 2. The number of carbonyl (C=O) groups is 1. The highest BCUT2D eigenvalue weighted by molar-refractivity contribution is 5.98. The topological polar surface area (TPSA) is 57.5 Å². The van der Waals surface area contributed by atoms with E-state index in [1.54, 1.807) is 0 Å². The van der Waals surface area contributed by atoms with Gasteiger partial charge in [0.2, 0.25) is 0 Å². The van der Waals surface area contributed by atoms with Crippen LogP contribution >= 0.6 is 0 Å². The average molecular weight is 318 g/mol. The lowest BCUT2D eigenvalue weighted by Crippen LogP contribution is -2.54. The molecule has 0 aliphatic heterocycles. The van der Waals surface area contributed by atoms with Gasteiger partial charge >= 0.3 is 0 Å². The minimum Gasteiger partial charge on any atom is -0.396 e. The van der Waals surface area contributed by atoms with E-state index in [9.17, 15) is 15.0 Å². The maximum atomic E-state index is 12.9. The predicted molar refractivity (Wildman–Crippen MR) is 90.8 cm³/mol. The van der Waals surface area contributed by atoms with E-state index < -0.39 is 6.10 Å². The molecular weight excluding hydrogens is 288 g/mol. The lowest BCUT2D eigenvalue weighted by atomic mass is 9.47. The average Bonchev–Trinajstić information content (AvgIpc) is 2.49. The van der Waals surface area contributed by atoms with Gasteiger partial charge in [0.25, 0.3) is 0 Å². The summed E-state index contributed by atoms with van der Waals surface area (Å²) in [6.45, 7) is 10.4. The van der Waals surface area contributed by atoms with Gasteiger partial charge in [-0.2, -0.15) is 0 Å². The largest absolute Gasteiger partial charge is 0.396 e. The monoisotopic (exact) mass is 318 g/mol. The van der Waals surface area contributed by atoms with Crippen molar-refractivity contribution in [3.05, 3.63) is 23.8 Å². The van der Waals surface area contributed by atoms with Crippen LogP contribution < -0.4 is 0 Å². The summed E-state index contributed by atoms with van der Waals surface area (Å²) in [5.41, 5.74) is 1.25. The smallest absolute Gasteiger partial charge is 0.159 e. The molecule has 3 aliphatic carbocycles. The maximum absolute atomic E-state index is 12.9. The highest BCUT2D eigenvalue weighted by Crippen LogP contribution is 2.62. The number of fused-ring (bicyclic) bond motifs is 2. The number of hydrogen-bond donors (Lipinski definition) is 2. The molecule has 0 heterocycles. The molecule has 0 unspecified atom stereocenters. The quantitative estimate of drug-likeness (QED) is 0.767. The molecule has 3 nitrogen and oxygen atoms in total. The molecule has 0 amide bonds. The molecule has 0 spiro atoms. The highest BCUT2D eigenvalue weighted by atomic mass is 16.3. The fraction of sp³-hybridized carbons (Fsp3) is 0.750. The number of rotatable bonds is 2. The molecule has 3 aliphatic rings.